The number of nitrogens with zero attached hydrogens (tertiary/aromatic N) is 1. The molecule has 0 spiro atoms. The normalized spacial score (nSPS) is 10.8. The number of imidazole rings is 1. The van der Waals surface area contributed by atoms with Crippen LogP contribution in [0, 0.1) is 0 Å². The molecule has 0 saturated heterocycles. The SMILES string of the molecule is Nc1ccc(Cc2ccc3nc[nH]c3c2)cc1. The van der Waals surface area contributed by atoms with E-state index in [1.165, 1.54) is 11.1 Å². The first-order chi connectivity index (χ1) is 8.31. The predicted molar refractivity (Wildman–Crippen MR) is 69.8 cm³/mol. The van der Waals surface area contributed by atoms with E-state index in [4.69, 9.17) is 5.73 Å². The van der Waals surface area contributed by atoms with Crippen LogP contribution in [0.4, 0.5) is 5.69 Å². The van der Waals surface area contributed by atoms with Gasteiger partial charge in [-0.2, -0.15) is 0 Å². The van der Waals surface area contributed by atoms with Crippen LogP contribution in [-0.2, 0) is 6.42 Å². The van der Waals surface area contributed by atoms with Crippen LogP contribution in [0.5, 0.6) is 0 Å². The molecule has 1 heterocycles. The monoisotopic (exact) mass is 223 g/mol. The molecule has 84 valence electrons. The quantitative estimate of drug-likeness (QED) is 0.656. The number of rotatable bonds is 2. The minimum absolute atomic E-state index is 0.803. The van der Waals surface area contributed by atoms with Crippen LogP contribution in [0.15, 0.2) is 48.8 Å². The Balaban J connectivity index is 1.91. The molecule has 0 aliphatic carbocycles. The average molecular weight is 223 g/mol. The second-order valence-electron chi connectivity index (χ2n) is 4.17. The summed E-state index contributed by atoms with van der Waals surface area (Å²) in [5, 5.41) is 0. The van der Waals surface area contributed by atoms with Gasteiger partial charge in [0.15, 0.2) is 0 Å². The van der Waals surface area contributed by atoms with E-state index in [9.17, 15) is 0 Å². The zero-order valence-electron chi connectivity index (χ0n) is 9.35. The van der Waals surface area contributed by atoms with E-state index in [0.29, 0.717) is 0 Å². The van der Waals surface area contributed by atoms with E-state index >= 15 is 0 Å². The molecule has 0 amide bonds. The maximum atomic E-state index is 5.67. The molecule has 3 N–H and O–H groups in total. The fourth-order valence-electron chi connectivity index (χ4n) is 1.96. The van der Waals surface area contributed by atoms with Crippen molar-refractivity contribution in [1.29, 1.82) is 0 Å². The molecule has 0 aliphatic rings. The Morgan fingerprint density at radius 3 is 2.59 bits per heavy atom. The van der Waals surface area contributed by atoms with Crippen LogP contribution in [-0.4, -0.2) is 9.97 Å². The number of hydrogen-bond donors (Lipinski definition) is 2. The number of aromatic amines is 1. The van der Waals surface area contributed by atoms with Crippen molar-refractivity contribution in [3.63, 3.8) is 0 Å². The summed E-state index contributed by atoms with van der Waals surface area (Å²) in [5.41, 5.74) is 11.1. The molecule has 0 fully saturated rings. The summed E-state index contributed by atoms with van der Waals surface area (Å²) in [5.74, 6) is 0. The molecule has 0 saturated carbocycles. The Morgan fingerprint density at radius 2 is 1.76 bits per heavy atom. The van der Waals surface area contributed by atoms with Crippen LogP contribution in [0.3, 0.4) is 0 Å². The van der Waals surface area contributed by atoms with Gasteiger partial charge in [0.1, 0.15) is 0 Å². The van der Waals surface area contributed by atoms with E-state index in [-0.39, 0.29) is 0 Å². The highest BCUT2D eigenvalue weighted by Crippen LogP contribution is 2.16. The first-order valence-electron chi connectivity index (χ1n) is 5.58. The zero-order valence-corrected chi connectivity index (χ0v) is 9.35. The number of benzene rings is 2. The smallest absolute Gasteiger partial charge is 0.0931 e. The maximum Gasteiger partial charge on any atom is 0.0931 e. The summed E-state index contributed by atoms with van der Waals surface area (Å²) in [4.78, 5) is 7.33. The molecule has 3 nitrogen and oxygen atoms in total. The van der Waals surface area contributed by atoms with Gasteiger partial charge in [-0.15, -0.1) is 0 Å². The van der Waals surface area contributed by atoms with Gasteiger partial charge in [0.05, 0.1) is 17.4 Å². The van der Waals surface area contributed by atoms with Crippen molar-refractivity contribution in [2.45, 2.75) is 6.42 Å². The van der Waals surface area contributed by atoms with E-state index in [1.54, 1.807) is 6.33 Å². The fourth-order valence-corrected chi connectivity index (χ4v) is 1.96. The van der Waals surface area contributed by atoms with E-state index in [2.05, 4.69) is 34.2 Å². The number of nitrogens with one attached hydrogen (secondary N) is 1. The first-order valence-corrected chi connectivity index (χ1v) is 5.58. The summed E-state index contributed by atoms with van der Waals surface area (Å²) in [7, 11) is 0. The number of aromatic nitrogens is 2. The van der Waals surface area contributed by atoms with Gasteiger partial charge in [-0.25, -0.2) is 4.98 Å². The summed E-state index contributed by atoms with van der Waals surface area (Å²) < 4.78 is 0. The van der Waals surface area contributed by atoms with Gasteiger partial charge >= 0.3 is 0 Å². The Morgan fingerprint density at radius 1 is 1.00 bits per heavy atom. The Kier molecular flexibility index (Phi) is 2.29. The molecule has 0 bridgehead atoms. The van der Waals surface area contributed by atoms with E-state index in [0.717, 1.165) is 23.1 Å². The first kappa shape index (κ1) is 9.90. The lowest BCUT2D eigenvalue weighted by molar-refractivity contribution is 1.20. The Bertz CT molecular complexity index is 638. The third-order valence-electron chi connectivity index (χ3n) is 2.87. The summed E-state index contributed by atoms with van der Waals surface area (Å²) in [6, 6.07) is 14.3. The van der Waals surface area contributed by atoms with Gasteiger partial charge in [0, 0.05) is 5.69 Å². The topological polar surface area (TPSA) is 54.7 Å². The molecule has 17 heavy (non-hydrogen) atoms. The molecule has 3 aromatic rings. The van der Waals surface area contributed by atoms with Crippen molar-refractivity contribution in [2.75, 3.05) is 5.73 Å². The van der Waals surface area contributed by atoms with Crippen molar-refractivity contribution in [2.24, 2.45) is 0 Å². The lowest BCUT2D eigenvalue weighted by Gasteiger charge is -2.02. The fraction of sp³-hybridized carbons (Fsp3) is 0.0714. The van der Waals surface area contributed by atoms with Gasteiger partial charge in [0.25, 0.3) is 0 Å². The molecule has 0 aliphatic heterocycles. The van der Waals surface area contributed by atoms with Gasteiger partial charge in [-0.3, -0.25) is 0 Å². The van der Waals surface area contributed by atoms with Crippen molar-refractivity contribution in [1.82, 2.24) is 9.97 Å². The van der Waals surface area contributed by atoms with Gasteiger partial charge in [-0.1, -0.05) is 18.2 Å². The summed E-state index contributed by atoms with van der Waals surface area (Å²) in [6.07, 6.45) is 2.63. The lowest BCUT2D eigenvalue weighted by Crippen LogP contribution is -1.89. The average Bonchev–Trinajstić information content (AvgIpc) is 2.79. The molecule has 0 radical (unpaired) electrons. The zero-order chi connectivity index (χ0) is 11.7. The summed E-state index contributed by atoms with van der Waals surface area (Å²) in [6.45, 7) is 0. The summed E-state index contributed by atoms with van der Waals surface area (Å²) >= 11 is 0. The van der Waals surface area contributed by atoms with Gasteiger partial charge in [0.2, 0.25) is 0 Å². The minimum Gasteiger partial charge on any atom is -0.399 e. The third-order valence-corrected chi connectivity index (χ3v) is 2.87. The number of H-pyrrole nitrogens is 1. The van der Waals surface area contributed by atoms with Gasteiger partial charge < -0.3 is 10.7 Å². The molecule has 1 aromatic heterocycles. The minimum atomic E-state index is 0.803. The molecular weight excluding hydrogens is 210 g/mol. The van der Waals surface area contributed by atoms with Crippen LogP contribution < -0.4 is 5.73 Å². The maximum absolute atomic E-state index is 5.67. The second kappa shape index (κ2) is 3.94. The van der Waals surface area contributed by atoms with Crippen LogP contribution >= 0.6 is 0 Å². The second-order valence-corrected chi connectivity index (χ2v) is 4.17. The number of fused-ring (bicyclic) bond motifs is 1. The molecule has 0 unspecified atom stereocenters. The highest BCUT2D eigenvalue weighted by atomic mass is 14.9. The lowest BCUT2D eigenvalue weighted by atomic mass is 10.0. The molecule has 2 aromatic carbocycles. The molecule has 3 rings (SSSR count). The largest absolute Gasteiger partial charge is 0.399 e. The van der Waals surface area contributed by atoms with Crippen molar-refractivity contribution < 1.29 is 0 Å². The Labute approximate surface area is 99.3 Å². The van der Waals surface area contributed by atoms with Gasteiger partial charge in [-0.05, 0) is 41.8 Å². The van der Waals surface area contributed by atoms with Crippen LogP contribution in [0.1, 0.15) is 11.1 Å². The number of anilines is 1. The number of nitrogen functional groups attached to an aromatic ring is 1. The van der Waals surface area contributed by atoms with Crippen molar-refractivity contribution >= 4 is 16.7 Å². The molecular formula is C14H13N3. The van der Waals surface area contributed by atoms with Crippen LogP contribution in [0.2, 0.25) is 0 Å². The molecule has 3 heteroatoms. The van der Waals surface area contributed by atoms with Crippen molar-refractivity contribution in [3.05, 3.63) is 59.9 Å². The van der Waals surface area contributed by atoms with Crippen LogP contribution in [0.25, 0.3) is 11.0 Å². The molecule has 0 atom stereocenters. The highest BCUT2D eigenvalue weighted by Gasteiger charge is 2.00. The predicted octanol–water partition coefficient (Wildman–Crippen LogP) is 2.74. The number of nitrogens with two attached hydrogens (primary N) is 1. The van der Waals surface area contributed by atoms with E-state index in [1.807, 2.05) is 18.2 Å². The number of hydrogen-bond acceptors (Lipinski definition) is 2. The standard InChI is InChI=1S/C14H13N3/c15-12-4-1-10(2-5-12)7-11-3-6-13-14(8-11)17-9-16-13/h1-6,8-9H,7,15H2,(H,16,17). The van der Waals surface area contributed by atoms with E-state index < -0.39 is 0 Å². The third kappa shape index (κ3) is 1.99. The Hall–Kier alpha value is -2.29. The highest BCUT2D eigenvalue weighted by molar-refractivity contribution is 5.75. The van der Waals surface area contributed by atoms with Crippen molar-refractivity contribution in [3.8, 4) is 0 Å².